The summed E-state index contributed by atoms with van der Waals surface area (Å²) in [4.78, 5) is 14.7. The number of aromatic nitrogens is 1. The van der Waals surface area contributed by atoms with E-state index in [0.29, 0.717) is 25.6 Å². The SMILES string of the molecule is CCOc1ccc(NCCNC(C)=O)cn1. The number of hydrogen-bond acceptors (Lipinski definition) is 4. The van der Waals surface area contributed by atoms with E-state index in [1.165, 1.54) is 6.92 Å². The van der Waals surface area contributed by atoms with E-state index in [-0.39, 0.29) is 5.91 Å². The summed E-state index contributed by atoms with van der Waals surface area (Å²) in [5, 5.41) is 5.84. The van der Waals surface area contributed by atoms with Crippen LogP contribution in [0.15, 0.2) is 18.3 Å². The molecule has 0 bridgehead atoms. The third kappa shape index (κ3) is 4.63. The molecule has 0 saturated heterocycles. The fourth-order valence-electron chi connectivity index (χ4n) is 1.16. The second kappa shape index (κ2) is 6.66. The number of nitrogens with one attached hydrogen (secondary N) is 2. The van der Waals surface area contributed by atoms with Gasteiger partial charge < -0.3 is 15.4 Å². The summed E-state index contributed by atoms with van der Waals surface area (Å²) in [5.74, 6) is 0.599. The molecule has 16 heavy (non-hydrogen) atoms. The quantitative estimate of drug-likeness (QED) is 0.707. The molecule has 2 N–H and O–H groups in total. The molecule has 0 aliphatic carbocycles. The van der Waals surface area contributed by atoms with Crippen LogP contribution in [0, 0.1) is 0 Å². The molecule has 1 aromatic rings. The molecule has 0 aliphatic heterocycles. The monoisotopic (exact) mass is 223 g/mol. The maximum absolute atomic E-state index is 10.6. The van der Waals surface area contributed by atoms with Crippen molar-refractivity contribution in [1.82, 2.24) is 10.3 Å². The van der Waals surface area contributed by atoms with Gasteiger partial charge in [0, 0.05) is 26.1 Å². The van der Waals surface area contributed by atoms with Gasteiger partial charge in [-0.3, -0.25) is 4.79 Å². The molecule has 0 fully saturated rings. The average Bonchev–Trinajstić information content (AvgIpc) is 2.27. The van der Waals surface area contributed by atoms with Crippen LogP contribution in [-0.4, -0.2) is 30.6 Å². The number of nitrogens with zero attached hydrogens (tertiary/aromatic N) is 1. The van der Waals surface area contributed by atoms with Crippen LogP contribution >= 0.6 is 0 Å². The van der Waals surface area contributed by atoms with Crippen molar-refractivity contribution in [3.63, 3.8) is 0 Å². The van der Waals surface area contributed by atoms with Crippen LogP contribution in [0.25, 0.3) is 0 Å². The van der Waals surface area contributed by atoms with Crippen LogP contribution < -0.4 is 15.4 Å². The van der Waals surface area contributed by atoms with Gasteiger partial charge in [0.1, 0.15) is 0 Å². The molecule has 1 aromatic heterocycles. The van der Waals surface area contributed by atoms with Crippen molar-refractivity contribution in [2.45, 2.75) is 13.8 Å². The molecular weight excluding hydrogens is 206 g/mol. The largest absolute Gasteiger partial charge is 0.478 e. The third-order valence-corrected chi connectivity index (χ3v) is 1.86. The van der Waals surface area contributed by atoms with E-state index in [4.69, 9.17) is 4.74 Å². The van der Waals surface area contributed by atoms with Crippen molar-refractivity contribution in [3.8, 4) is 5.88 Å². The van der Waals surface area contributed by atoms with E-state index in [1.807, 2.05) is 19.1 Å². The molecule has 1 rings (SSSR count). The van der Waals surface area contributed by atoms with Crippen molar-refractivity contribution in [1.29, 1.82) is 0 Å². The van der Waals surface area contributed by atoms with Gasteiger partial charge in [-0.15, -0.1) is 0 Å². The van der Waals surface area contributed by atoms with Gasteiger partial charge >= 0.3 is 0 Å². The molecular formula is C11H17N3O2. The van der Waals surface area contributed by atoms with Crippen LogP contribution in [0.1, 0.15) is 13.8 Å². The first-order valence-corrected chi connectivity index (χ1v) is 5.29. The Morgan fingerprint density at radius 2 is 2.25 bits per heavy atom. The van der Waals surface area contributed by atoms with E-state index in [0.717, 1.165) is 5.69 Å². The van der Waals surface area contributed by atoms with Gasteiger partial charge in [-0.25, -0.2) is 4.98 Å². The lowest BCUT2D eigenvalue weighted by Gasteiger charge is -2.07. The zero-order valence-corrected chi connectivity index (χ0v) is 9.62. The Bertz CT molecular complexity index is 325. The third-order valence-electron chi connectivity index (χ3n) is 1.86. The highest BCUT2D eigenvalue weighted by Gasteiger charge is 1.95. The molecule has 5 heteroatoms. The first-order chi connectivity index (χ1) is 7.72. The van der Waals surface area contributed by atoms with Crippen LogP contribution in [-0.2, 0) is 4.79 Å². The molecule has 0 spiro atoms. The summed E-state index contributed by atoms with van der Waals surface area (Å²) in [6.07, 6.45) is 1.71. The summed E-state index contributed by atoms with van der Waals surface area (Å²) in [6, 6.07) is 3.70. The number of hydrogen-bond donors (Lipinski definition) is 2. The van der Waals surface area contributed by atoms with Crippen molar-refractivity contribution in [2.75, 3.05) is 25.0 Å². The minimum absolute atomic E-state index is 0.0216. The zero-order valence-electron chi connectivity index (χ0n) is 9.62. The molecule has 0 radical (unpaired) electrons. The maximum atomic E-state index is 10.6. The summed E-state index contributed by atoms with van der Waals surface area (Å²) >= 11 is 0. The first kappa shape index (κ1) is 12.3. The van der Waals surface area contributed by atoms with E-state index >= 15 is 0 Å². The minimum atomic E-state index is -0.0216. The molecule has 5 nitrogen and oxygen atoms in total. The Kier molecular flexibility index (Phi) is 5.11. The second-order valence-electron chi connectivity index (χ2n) is 3.23. The summed E-state index contributed by atoms with van der Waals surface area (Å²) in [7, 11) is 0. The molecule has 1 heterocycles. The van der Waals surface area contributed by atoms with Crippen molar-refractivity contribution in [3.05, 3.63) is 18.3 Å². The van der Waals surface area contributed by atoms with Gasteiger partial charge in [-0.1, -0.05) is 0 Å². The predicted molar refractivity (Wildman–Crippen MR) is 62.6 cm³/mol. The second-order valence-corrected chi connectivity index (χ2v) is 3.23. The molecule has 0 unspecified atom stereocenters. The number of amides is 1. The van der Waals surface area contributed by atoms with Crippen LogP contribution in [0.3, 0.4) is 0 Å². The normalized spacial score (nSPS) is 9.62. The van der Waals surface area contributed by atoms with E-state index in [9.17, 15) is 4.79 Å². The van der Waals surface area contributed by atoms with Crippen molar-refractivity contribution >= 4 is 11.6 Å². The van der Waals surface area contributed by atoms with Gasteiger partial charge in [0.2, 0.25) is 11.8 Å². The molecule has 0 saturated carbocycles. The molecule has 0 aliphatic rings. The Labute approximate surface area is 95.2 Å². The number of rotatable bonds is 6. The van der Waals surface area contributed by atoms with Crippen LogP contribution in [0.4, 0.5) is 5.69 Å². The Morgan fingerprint density at radius 1 is 1.44 bits per heavy atom. The highest BCUT2D eigenvalue weighted by molar-refractivity contribution is 5.72. The van der Waals surface area contributed by atoms with Gasteiger partial charge in [0.05, 0.1) is 18.5 Å². The van der Waals surface area contributed by atoms with Crippen LogP contribution in [0.2, 0.25) is 0 Å². The lowest BCUT2D eigenvalue weighted by Crippen LogP contribution is -2.26. The maximum Gasteiger partial charge on any atom is 0.216 e. The van der Waals surface area contributed by atoms with Gasteiger partial charge in [0.15, 0.2) is 0 Å². The standard InChI is InChI=1S/C11H17N3O2/c1-3-16-11-5-4-10(8-14-11)13-7-6-12-9(2)15/h4-5,8,13H,3,6-7H2,1-2H3,(H,12,15). The van der Waals surface area contributed by atoms with Crippen molar-refractivity contribution in [2.24, 2.45) is 0 Å². The molecule has 1 amide bonds. The highest BCUT2D eigenvalue weighted by atomic mass is 16.5. The van der Waals surface area contributed by atoms with Gasteiger partial charge in [0.25, 0.3) is 0 Å². The molecule has 0 atom stereocenters. The Hall–Kier alpha value is -1.78. The lowest BCUT2D eigenvalue weighted by atomic mass is 10.4. The topological polar surface area (TPSA) is 63.2 Å². The zero-order chi connectivity index (χ0) is 11.8. The molecule has 88 valence electrons. The lowest BCUT2D eigenvalue weighted by molar-refractivity contribution is -0.118. The average molecular weight is 223 g/mol. The first-order valence-electron chi connectivity index (χ1n) is 5.29. The summed E-state index contributed by atoms with van der Waals surface area (Å²) in [5.41, 5.74) is 0.911. The highest BCUT2D eigenvalue weighted by Crippen LogP contribution is 2.10. The summed E-state index contributed by atoms with van der Waals surface area (Å²) < 4.78 is 5.22. The number of carbonyl (C=O) groups excluding carboxylic acids is 1. The Balaban J connectivity index is 2.29. The van der Waals surface area contributed by atoms with Gasteiger partial charge in [-0.05, 0) is 13.0 Å². The summed E-state index contributed by atoms with van der Waals surface area (Å²) in [6.45, 7) is 5.31. The Morgan fingerprint density at radius 3 is 2.81 bits per heavy atom. The fourth-order valence-corrected chi connectivity index (χ4v) is 1.16. The molecule has 0 aromatic carbocycles. The number of carbonyl (C=O) groups is 1. The number of anilines is 1. The number of ether oxygens (including phenoxy) is 1. The fraction of sp³-hybridized carbons (Fsp3) is 0.455. The van der Waals surface area contributed by atoms with E-state index < -0.39 is 0 Å². The van der Waals surface area contributed by atoms with Crippen molar-refractivity contribution < 1.29 is 9.53 Å². The van der Waals surface area contributed by atoms with Gasteiger partial charge in [-0.2, -0.15) is 0 Å². The van der Waals surface area contributed by atoms with E-state index in [2.05, 4.69) is 15.6 Å². The predicted octanol–water partition coefficient (Wildman–Crippen LogP) is 1.03. The number of pyridine rings is 1. The van der Waals surface area contributed by atoms with Crippen LogP contribution in [0.5, 0.6) is 5.88 Å². The van der Waals surface area contributed by atoms with E-state index in [1.54, 1.807) is 6.20 Å². The minimum Gasteiger partial charge on any atom is -0.478 e. The smallest absolute Gasteiger partial charge is 0.216 e.